The van der Waals surface area contributed by atoms with Gasteiger partial charge < -0.3 is 9.47 Å². The molecule has 0 N–H and O–H groups in total. The molecule has 0 spiro atoms. The topological polar surface area (TPSA) is 35.5 Å². The first kappa shape index (κ1) is 16.3. The normalized spacial score (nSPS) is 33.0. The highest BCUT2D eigenvalue weighted by molar-refractivity contribution is 5.88. The summed E-state index contributed by atoms with van der Waals surface area (Å²) in [5, 5.41) is 0. The van der Waals surface area contributed by atoms with Crippen molar-refractivity contribution < 1.29 is 14.3 Å². The SMILES string of the molecule is C=C(C)COCC(=C)C(=O)OC1CC2CCC1(C)C2(C)C. The smallest absolute Gasteiger partial charge is 0.336 e. The van der Waals surface area contributed by atoms with Gasteiger partial charge in [-0.25, -0.2) is 4.79 Å². The maximum Gasteiger partial charge on any atom is 0.336 e. The molecular weight excluding hydrogens is 264 g/mol. The van der Waals surface area contributed by atoms with Gasteiger partial charge in [-0.1, -0.05) is 39.5 Å². The summed E-state index contributed by atoms with van der Waals surface area (Å²) in [6, 6.07) is 0. The van der Waals surface area contributed by atoms with Crippen LogP contribution in [0.15, 0.2) is 24.3 Å². The minimum absolute atomic E-state index is 0.0108. The van der Waals surface area contributed by atoms with Gasteiger partial charge in [0.1, 0.15) is 6.10 Å². The van der Waals surface area contributed by atoms with Crippen LogP contribution in [-0.2, 0) is 14.3 Å². The fraction of sp³-hybridized carbons (Fsp3) is 0.722. The summed E-state index contributed by atoms with van der Waals surface area (Å²) < 4.78 is 11.1. The molecule has 0 aromatic carbocycles. The van der Waals surface area contributed by atoms with Crippen molar-refractivity contribution in [1.29, 1.82) is 0 Å². The van der Waals surface area contributed by atoms with Crippen LogP contribution in [0.25, 0.3) is 0 Å². The third kappa shape index (κ3) is 2.80. The van der Waals surface area contributed by atoms with E-state index < -0.39 is 0 Å². The molecule has 2 aliphatic rings. The zero-order chi connectivity index (χ0) is 15.8. The van der Waals surface area contributed by atoms with E-state index in [-0.39, 0.29) is 29.5 Å². The van der Waals surface area contributed by atoms with Crippen LogP contribution in [0.1, 0.15) is 47.0 Å². The summed E-state index contributed by atoms with van der Waals surface area (Å²) >= 11 is 0. The van der Waals surface area contributed by atoms with Gasteiger partial charge in [0.2, 0.25) is 0 Å². The van der Waals surface area contributed by atoms with Gasteiger partial charge in [0.25, 0.3) is 0 Å². The molecule has 21 heavy (non-hydrogen) atoms. The van der Waals surface area contributed by atoms with E-state index in [9.17, 15) is 4.79 Å². The first-order chi connectivity index (χ1) is 9.68. The first-order valence-electron chi connectivity index (χ1n) is 7.79. The van der Waals surface area contributed by atoms with Crippen LogP contribution in [0, 0.1) is 16.7 Å². The molecular formula is C18H28O3. The van der Waals surface area contributed by atoms with E-state index in [2.05, 4.69) is 33.9 Å². The van der Waals surface area contributed by atoms with Crippen molar-refractivity contribution in [1.82, 2.24) is 0 Å². The van der Waals surface area contributed by atoms with E-state index in [1.165, 1.54) is 6.42 Å². The van der Waals surface area contributed by atoms with Crippen molar-refractivity contribution in [3.8, 4) is 0 Å². The van der Waals surface area contributed by atoms with E-state index >= 15 is 0 Å². The number of ether oxygens (including phenoxy) is 2. The van der Waals surface area contributed by atoms with Crippen molar-refractivity contribution >= 4 is 5.97 Å². The number of hydrogen-bond acceptors (Lipinski definition) is 3. The number of carbonyl (C=O) groups is 1. The predicted octanol–water partition coefficient (Wildman–Crippen LogP) is 3.89. The molecule has 0 aliphatic heterocycles. The highest BCUT2D eigenvalue weighted by atomic mass is 16.5. The fourth-order valence-corrected chi connectivity index (χ4v) is 3.93. The van der Waals surface area contributed by atoms with Crippen LogP contribution in [-0.4, -0.2) is 25.3 Å². The molecule has 2 fully saturated rings. The van der Waals surface area contributed by atoms with Gasteiger partial charge in [-0.3, -0.25) is 0 Å². The van der Waals surface area contributed by atoms with E-state index in [0.717, 1.165) is 18.4 Å². The second kappa shape index (κ2) is 5.60. The summed E-state index contributed by atoms with van der Waals surface area (Å²) in [6.45, 7) is 17.0. The molecule has 0 heterocycles. The Morgan fingerprint density at radius 2 is 1.90 bits per heavy atom. The molecule has 0 aromatic rings. The molecule has 3 atom stereocenters. The molecule has 3 heteroatoms. The molecule has 3 unspecified atom stereocenters. The minimum Gasteiger partial charge on any atom is -0.458 e. The van der Waals surface area contributed by atoms with Gasteiger partial charge in [0.15, 0.2) is 0 Å². The average molecular weight is 292 g/mol. The van der Waals surface area contributed by atoms with Gasteiger partial charge >= 0.3 is 5.97 Å². The maximum absolute atomic E-state index is 12.2. The van der Waals surface area contributed by atoms with E-state index in [1.54, 1.807) is 0 Å². The molecule has 3 nitrogen and oxygen atoms in total. The highest BCUT2D eigenvalue weighted by Crippen LogP contribution is 2.66. The van der Waals surface area contributed by atoms with Crippen molar-refractivity contribution in [2.75, 3.05) is 13.2 Å². The summed E-state index contributed by atoms with van der Waals surface area (Å²) in [5.41, 5.74) is 1.65. The highest BCUT2D eigenvalue weighted by Gasteiger charge is 2.62. The molecule has 0 radical (unpaired) electrons. The second-order valence-corrected chi connectivity index (χ2v) is 7.56. The lowest BCUT2D eigenvalue weighted by Gasteiger charge is -2.38. The van der Waals surface area contributed by atoms with Crippen molar-refractivity contribution in [2.45, 2.75) is 53.1 Å². The van der Waals surface area contributed by atoms with Crippen molar-refractivity contribution in [3.05, 3.63) is 24.3 Å². The monoisotopic (exact) mass is 292 g/mol. The van der Waals surface area contributed by atoms with E-state index in [4.69, 9.17) is 9.47 Å². The Kier molecular flexibility index (Phi) is 4.34. The Balaban J connectivity index is 1.89. The summed E-state index contributed by atoms with van der Waals surface area (Å²) in [4.78, 5) is 12.2. The zero-order valence-electron chi connectivity index (χ0n) is 13.8. The number of rotatable bonds is 6. The molecule has 2 bridgehead atoms. The van der Waals surface area contributed by atoms with Crippen molar-refractivity contribution in [2.24, 2.45) is 16.7 Å². The average Bonchev–Trinajstić information content (AvgIpc) is 2.71. The van der Waals surface area contributed by atoms with Gasteiger partial charge in [0.05, 0.1) is 18.8 Å². The lowest BCUT2D eigenvalue weighted by atomic mass is 9.70. The molecule has 0 aromatic heterocycles. The van der Waals surface area contributed by atoms with Crippen LogP contribution >= 0.6 is 0 Å². The van der Waals surface area contributed by atoms with Gasteiger partial charge in [-0.2, -0.15) is 0 Å². The minimum atomic E-state index is -0.314. The molecule has 0 saturated heterocycles. The summed E-state index contributed by atoms with van der Waals surface area (Å²) in [5.74, 6) is 0.347. The Morgan fingerprint density at radius 3 is 2.38 bits per heavy atom. The number of fused-ring (bicyclic) bond motifs is 2. The lowest BCUT2D eigenvalue weighted by Crippen LogP contribution is -2.38. The fourth-order valence-electron chi connectivity index (χ4n) is 3.93. The van der Waals surface area contributed by atoms with Gasteiger partial charge in [-0.15, -0.1) is 0 Å². The van der Waals surface area contributed by atoms with Crippen LogP contribution in [0.2, 0.25) is 0 Å². The number of esters is 1. The Morgan fingerprint density at radius 1 is 1.24 bits per heavy atom. The predicted molar refractivity (Wildman–Crippen MR) is 83.9 cm³/mol. The molecule has 2 aliphatic carbocycles. The maximum atomic E-state index is 12.2. The third-order valence-electron chi connectivity index (χ3n) is 5.88. The number of hydrogen-bond donors (Lipinski definition) is 0. The van der Waals surface area contributed by atoms with E-state index in [1.807, 2.05) is 6.92 Å². The third-order valence-corrected chi connectivity index (χ3v) is 5.88. The van der Waals surface area contributed by atoms with Gasteiger partial charge in [0, 0.05) is 5.41 Å². The standard InChI is InChI=1S/C18H28O3/c1-12(2)10-20-11-13(3)16(19)21-15-9-14-7-8-18(15,6)17(14,4)5/h14-15H,1,3,7-11H2,2,4-6H3. The molecule has 2 rings (SSSR count). The van der Waals surface area contributed by atoms with Crippen molar-refractivity contribution in [3.63, 3.8) is 0 Å². The van der Waals surface area contributed by atoms with Gasteiger partial charge in [-0.05, 0) is 37.5 Å². The number of carbonyl (C=O) groups excluding carboxylic acids is 1. The summed E-state index contributed by atoms with van der Waals surface area (Å²) in [6.07, 6.45) is 3.38. The second-order valence-electron chi connectivity index (χ2n) is 7.56. The van der Waals surface area contributed by atoms with E-state index in [0.29, 0.717) is 18.1 Å². The quantitative estimate of drug-likeness (QED) is 0.423. The van der Waals surface area contributed by atoms with Crippen LogP contribution in [0.4, 0.5) is 0 Å². The Hall–Kier alpha value is -1.09. The first-order valence-corrected chi connectivity index (χ1v) is 7.79. The molecule has 118 valence electrons. The molecule has 2 saturated carbocycles. The van der Waals surface area contributed by atoms with Crippen LogP contribution in [0.3, 0.4) is 0 Å². The lowest BCUT2D eigenvalue weighted by molar-refractivity contribution is -0.152. The van der Waals surface area contributed by atoms with Crippen LogP contribution < -0.4 is 0 Å². The van der Waals surface area contributed by atoms with Crippen LogP contribution in [0.5, 0.6) is 0 Å². The molecule has 0 amide bonds. The summed E-state index contributed by atoms with van der Waals surface area (Å²) in [7, 11) is 0. The largest absolute Gasteiger partial charge is 0.458 e. The Labute approximate surface area is 128 Å². The Bertz CT molecular complexity index is 463. The zero-order valence-corrected chi connectivity index (χ0v) is 13.8.